The third-order valence-electron chi connectivity index (χ3n) is 5.31. The number of benzene rings is 2. The summed E-state index contributed by atoms with van der Waals surface area (Å²) in [5.74, 6) is -0.655. The maximum atomic E-state index is 13.2. The second-order valence-corrected chi connectivity index (χ2v) is 7.74. The predicted octanol–water partition coefficient (Wildman–Crippen LogP) is 3.88. The Morgan fingerprint density at radius 2 is 1.79 bits per heavy atom. The van der Waals surface area contributed by atoms with Crippen LogP contribution in [-0.2, 0) is 11.4 Å². The highest BCUT2D eigenvalue weighted by Crippen LogP contribution is 2.24. The van der Waals surface area contributed by atoms with Crippen LogP contribution in [0.15, 0.2) is 79.0 Å². The Labute approximate surface area is 196 Å². The first-order valence-corrected chi connectivity index (χ1v) is 10.8. The zero-order chi connectivity index (χ0) is 23.9. The van der Waals surface area contributed by atoms with Crippen molar-refractivity contribution in [2.45, 2.75) is 26.0 Å². The summed E-state index contributed by atoms with van der Waals surface area (Å²) in [6.07, 6.45) is 1.40. The first-order chi connectivity index (χ1) is 16.5. The van der Waals surface area contributed by atoms with E-state index in [0.717, 1.165) is 22.2 Å². The summed E-state index contributed by atoms with van der Waals surface area (Å²) in [6, 6.07) is 21.2. The van der Waals surface area contributed by atoms with E-state index in [1.807, 2.05) is 37.3 Å². The summed E-state index contributed by atoms with van der Waals surface area (Å²) < 4.78 is 6.07. The summed E-state index contributed by atoms with van der Waals surface area (Å²) in [5.41, 5.74) is 5.14. The van der Waals surface area contributed by atoms with Crippen molar-refractivity contribution in [1.82, 2.24) is 20.8 Å². The second-order valence-electron chi connectivity index (χ2n) is 7.74. The van der Waals surface area contributed by atoms with Crippen molar-refractivity contribution in [1.29, 1.82) is 0 Å². The predicted molar refractivity (Wildman–Crippen MR) is 126 cm³/mol. The van der Waals surface area contributed by atoms with Crippen molar-refractivity contribution < 1.29 is 19.5 Å². The molecule has 0 fully saturated rings. The highest BCUT2D eigenvalue weighted by Gasteiger charge is 2.22. The molecule has 2 heterocycles. The van der Waals surface area contributed by atoms with E-state index in [0.29, 0.717) is 17.0 Å². The van der Waals surface area contributed by atoms with Gasteiger partial charge in [0.1, 0.15) is 12.4 Å². The summed E-state index contributed by atoms with van der Waals surface area (Å²) in [6.45, 7) is 2.18. The molecular formula is C26H24N4O4. The Hall–Kier alpha value is -4.30. The monoisotopic (exact) mass is 456 g/mol. The number of para-hydroxylation sites is 2. The lowest BCUT2D eigenvalue weighted by Gasteiger charge is -2.19. The zero-order valence-electron chi connectivity index (χ0n) is 18.6. The van der Waals surface area contributed by atoms with E-state index < -0.39 is 17.9 Å². The highest BCUT2D eigenvalue weighted by atomic mass is 16.5. The van der Waals surface area contributed by atoms with E-state index in [1.54, 1.807) is 54.1 Å². The van der Waals surface area contributed by atoms with Crippen LogP contribution in [0.25, 0.3) is 10.9 Å². The van der Waals surface area contributed by atoms with Gasteiger partial charge in [-0.1, -0.05) is 36.4 Å². The molecule has 0 radical (unpaired) electrons. The molecule has 1 atom stereocenters. The van der Waals surface area contributed by atoms with E-state index >= 15 is 0 Å². The standard InChI is InChI=1S/C26H24N4O4/c1-17-14-18(19-8-2-4-10-21(19)28-17)16-34-24-12-5-3-9-20(24)26(32)29-23(15-25(31)30-33)22-11-6-7-13-27-22/h2-14,23,33H,15-16H2,1H3,(H,29,32)(H,30,31). The molecule has 2 aromatic heterocycles. The quantitative estimate of drug-likeness (QED) is 0.274. The van der Waals surface area contributed by atoms with Gasteiger partial charge in [0.25, 0.3) is 5.91 Å². The number of aromatic nitrogens is 2. The number of amides is 2. The molecule has 3 N–H and O–H groups in total. The number of pyridine rings is 2. The topological polar surface area (TPSA) is 113 Å². The highest BCUT2D eigenvalue weighted by molar-refractivity contribution is 5.97. The van der Waals surface area contributed by atoms with Gasteiger partial charge in [-0.15, -0.1) is 0 Å². The van der Waals surface area contributed by atoms with Gasteiger partial charge in [0.05, 0.1) is 29.2 Å². The van der Waals surface area contributed by atoms with Crippen LogP contribution in [0.2, 0.25) is 0 Å². The average molecular weight is 457 g/mol. The third-order valence-corrected chi connectivity index (χ3v) is 5.31. The van der Waals surface area contributed by atoms with Crippen LogP contribution in [0.4, 0.5) is 0 Å². The van der Waals surface area contributed by atoms with Gasteiger partial charge < -0.3 is 10.1 Å². The summed E-state index contributed by atoms with van der Waals surface area (Å²) in [5, 5.41) is 12.8. The van der Waals surface area contributed by atoms with Crippen LogP contribution in [-0.4, -0.2) is 27.0 Å². The molecule has 172 valence electrons. The number of nitrogens with zero attached hydrogens (tertiary/aromatic N) is 2. The Balaban J connectivity index is 1.56. The van der Waals surface area contributed by atoms with Crippen LogP contribution in [0, 0.1) is 6.92 Å². The van der Waals surface area contributed by atoms with Gasteiger partial charge >= 0.3 is 0 Å². The molecule has 2 aromatic carbocycles. The van der Waals surface area contributed by atoms with Crippen molar-refractivity contribution in [2.75, 3.05) is 0 Å². The van der Waals surface area contributed by atoms with Crippen molar-refractivity contribution in [2.24, 2.45) is 0 Å². The van der Waals surface area contributed by atoms with E-state index in [4.69, 9.17) is 9.94 Å². The largest absolute Gasteiger partial charge is 0.488 e. The van der Waals surface area contributed by atoms with Gasteiger partial charge in [-0.05, 0) is 43.3 Å². The van der Waals surface area contributed by atoms with E-state index in [-0.39, 0.29) is 13.0 Å². The van der Waals surface area contributed by atoms with Crippen molar-refractivity contribution >= 4 is 22.7 Å². The van der Waals surface area contributed by atoms with Crippen molar-refractivity contribution in [3.8, 4) is 5.75 Å². The fourth-order valence-electron chi connectivity index (χ4n) is 3.73. The molecule has 4 aromatic rings. The fraction of sp³-hybridized carbons (Fsp3) is 0.154. The number of ether oxygens (including phenoxy) is 1. The number of nitrogens with one attached hydrogen (secondary N) is 2. The van der Waals surface area contributed by atoms with E-state index in [9.17, 15) is 9.59 Å². The lowest BCUT2D eigenvalue weighted by molar-refractivity contribution is -0.129. The summed E-state index contributed by atoms with van der Waals surface area (Å²) >= 11 is 0. The molecule has 0 saturated heterocycles. The molecule has 8 nitrogen and oxygen atoms in total. The minimum atomic E-state index is -0.735. The molecule has 0 aliphatic carbocycles. The SMILES string of the molecule is Cc1cc(COc2ccccc2C(=O)NC(CC(=O)NO)c2ccccn2)c2ccccc2n1. The second kappa shape index (κ2) is 10.5. The first-order valence-electron chi connectivity index (χ1n) is 10.8. The lowest BCUT2D eigenvalue weighted by atomic mass is 10.1. The smallest absolute Gasteiger partial charge is 0.255 e. The Bertz CT molecular complexity index is 1310. The molecule has 0 bridgehead atoms. The maximum Gasteiger partial charge on any atom is 0.255 e. The molecule has 0 aliphatic rings. The number of rotatable bonds is 8. The van der Waals surface area contributed by atoms with Crippen LogP contribution in [0.1, 0.15) is 39.8 Å². The van der Waals surface area contributed by atoms with E-state index in [2.05, 4.69) is 15.3 Å². The molecule has 0 aliphatic heterocycles. The van der Waals surface area contributed by atoms with Gasteiger partial charge in [-0.3, -0.25) is 24.8 Å². The maximum absolute atomic E-state index is 13.2. The molecule has 0 saturated carbocycles. The van der Waals surface area contributed by atoms with Gasteiger partial charge in [0.2, 0.25) is 5.91 Å². The molecule has 34 heavy (non-hydrogen) atoms. The number of carbonyl (C=O) groups is 2. The van der Waals surface area contributed by atoms with Crippen LogP contribution in [0.3, 0.4) is 0 Å². The molecule has 1 unspecified atom stereocenters. The average Bonchev–Trinajstić information content (AvgIpc) is 2.87. The van der Waals surface area contributed by atoms with Gasteiger partial charge in [-0.2, -0.15) is 0 Å². The summed E-state index contributed by atoms with van der Waals surface area (Å²) in [4.78, 5) is 33.8. The number of hydroxylamine groups is 1. The van der Waals surface area contributed by atoms with Crippen molar-refractivity contribution in [3.05, 3.63) is 102 Å². The molecular weight excluding hydrogens is 432 g/mol. The Kier molecular flexibility index (Phi) is 7.10. The molecule has 2 amide bonds. The van der Waals surface area contributed by atoms with Gasteiger partial charge in [0, 0.05) is 22.8 Å². The molecule has 0 spiro atoms. The minimum Gasteiger partial charge on any atom is -0.488 e. The van der Waals surface area contributed by atoms with Crippen LogP contribution >= 0.6 is 0 Å². The molecule has 8 heteroatoms. The lowest BCUT2D eigenvalue weighted by Crippen LogP contribution is -2.33. The van der Waals surface area contributed by atoms with Crippen LogP contribution in [0.5, 0.6) is 5.75 Å². The number of hydrogen-bond acceptors (Lipinski definition) is 6. The minimum absolute atomic E-state index is 0.176. The molecule has 4 rings (SSSR count). The Morgan fingerprint density at radius 1 is 1.03 bits per heavy atom. The third kappa shape index (κ3) is 5.36. The zero-order valence-corrected chi connectivity index (χ0v) is 18.6. The summed E-state index contributed by atoms with van der Waals surface area (Å²) in [7, 11) is 0. The first kappa shape index (κ1) is 22.9. The number of carbonyl (C=O) groups excluding carboxylic acids is 2. The van der Waals surface area contributed by atoms with Gasteiger partial charge in [-0.25, -0.2) is 5.48 Å². The fourth-order valence-corrected chi connectivity index (χ4v) is 3.73. The van der Waals surface area contributed by atoms with Gasteiger partial charge in [0.15, 0.2) is 0 Å². The Morgan fingerprint density at radius 3 is 2.59 bits per heavy atom. The number of hydrogen-bond donors (Lipinski definition) is 3. The number of aryl methyl sites for hydroxylation is 1. The normalized spacial score (nSPS) is 11.6. The number of fused-ring (bicyclic) bond motifs is 1. The van der Waals surface area contributed by atoms with E-state index in [1.165, 1.54) is 0 Å². The van der Waals surface area contributed by atoms with Crippen molar-refractivity contribution in [3.63, 3.8) is 0 Å². The van der Waals surface area contributed by atoms with Crippen LogP contribution < -0.4 is 15.5 Å².